The summed E-state index contributed by atoms with van der Waals surface area (Å²) < 4.78 is 0. The average Bonchev–Trinajstić information content (AvgIpc) is 2.64. The molecular weight excluding hydrogens is 238 g/mol. The predicted octanol–water partition coefficient (Wildman–Crippen LogP) is 2.83. The van der Waals surface area contributed by atoms with Crippen molar-refractivity contribution in [3.8, 4) is 0 Å². The molecule has 0 aliphatic heterocycles. The van der Waals surface area contributed by atoms with Crippen molar-refractivity contribution in [2.45, 2.75) is 6.92 Å². The molecule has 0 aliphatic carbocycles. The van der Waals surface area contributed by atoms with Gasteiger partial charge in [0.25, 0.3) is 0 Å². The van der Waals surface area contributed by atoms with Gasteiger partial charge in [-0.25, -0.2) is 4.98 Å². The van der Waals surface area contributed by atoms with Crippen LogP contribution >= 0.6 is 23.6 Å². The van der Waals surface area contributed by atoms with E-state index >= 15 is 0 Å². The monoisotopic (exact) mass is 249 g/mol. The molecule has 2 aromatic rings. The first kappa shape index (κ1) is 11.0. The number of aryl methyl sites for hydroxylation is 1. The number of nitrogens with two attached hydrogens (primary N) is 1. The van der Waals surface area contributed by atoms with Crippen LogP contribution in [0.3, 0.4) is 0 Å². The molecule has 5 heteroatoms. The van der Waals surface area contributed by atoms with Crippen LogP contribution in [-0.2, 0) is 0 Å². The standard InChI is InChI=1S/C11H11N3S2/c1-7-6-13-11(16-7)14-9-5-3-2-4-8(9)10(12)15/h2-6H,1H3,(H2,12,15)(H,13,14). The number of benzene rings is 1. The normalized spacial score (nSPS) is 10.1. The van der Waals surface area contributed by atoms with Crippen LogP contribution in [0.5, 0.6) is 0 Å². The lowest BCUT2D eigenvalue weighted by Gasteiger charge is -2.07. The van der Waals surface area contributed by atoms with Gasteiger partial charge in [-0.2, -0.15) is 0 Å². The van der Waals surface area contributed by atoms with E-state index in [1.54, 1.807) is 11.3 Å². The first-order valence-electron chi connectivity index (χ1n) is 4.75. The zero-order valence-corrected chi connectivity index (χ0v) is 10.4. The number of rotatable bonds is 3. The van der Waals surface area contributed by atoms with E-state index in [0.717, 1.165) is 21.3 Å². The highest BCUT2D eigenvalue weighted by Gasteiger charge is 2.05. The highest BCUT2D eigenvalue weighted by molar-refractivity contribution is 7.80. The summed E-state index contributed by atoms with van der Waals surface area (Å²) in [6, 6.07) is 7.67. The molecule has 3 nitrogen and oxygen atoms in total. The molecule has 0 radical (unpaired) electrons. The van der Waals surface area contributed by atoms with Crippen molar-refractivity contribution in [2.75, 3.05) is 5.32 Å². The molecule has 2 rings (SSSR count). The van der Waals surface area contributed by atoms with Crippen LogP contribution in [0.1, 0.15) is 10.4 Å². The summed E-state index contributed by atoms with van der Waals surface area (Å²) in [6.07, 6.45) is 1.83. The third-order valence-corrected chi connectivity index (χ3v) is 3.10. The van der Waals surface area contributed by atoms with E-state index in [0.29, 0.717) is 4.99 Å². The van der Waals surface area contributed by atoms with Crippen molar-refractivity contribution in [2.24, 2.45) is 5.73 Å². The number of thiazole rings is 1. The molecule has 3 N–H and O–H groups in total. The van der Waals surface area contributed by atoms with Crippen molar-refractivity contribution in [1.29, 1.82) is 0 Å². The van der Waals surface area contributed by atoms with Crippen LogP contribution < -0.4 is 11.1 Å². The van der Waals surface area contributed by atoms with Gasteiger partial charge in [-0.3, -0.25) is 0 Å². The Morgan fingerprint density at radius 2 is 2.19 bits per heavy atom. The van der Waals surface area contributed by atoms with Crippen LogP contribution in [0.25, 0.3) is 0 Å². The topological polar surface area (TPSA) is 50.9 Å². The fourth-order valence-corrected chi connectivity index (χ4v) is 2.19. The minimum absolute atomic E-state index is 0.386. The van der Waals surface area contributed by atoms with Crippen molar-refractivity contribution in [3.05, 3.63) is 40.9 Å². The number of nitrogens with one attached hydrogen (secondary N) is 1. The lowest BCUT2D eigenvalue weighted by Crippen LogP contribution is -2.11. The molecule has 16 heavy (non-hydrogen) atoms. The average molecular weight is 249 g/mol. The number of thiocarbonyl (C=S) groups is 1. The van der Waals surface area contributed by atoms with E-state index in [1.807, 2.05) is 37.4 Å². The number of anilines is 2. The minimum atomic E-state index is 0.386. The van der Waals surface area contributed by atoms with Crippen LogP contribution in [0.2, 0.25) is 0 Å². The molecule has 0 atom stereocenters. The lowest BCUT2D eigenvalue weighted by atomic mass is 10.2. The van der Waals surface area contributed by atoms with E-state index in [9.17, 15) is 0 Å². The Morgan fingerprint density at radius 1 is 1.44 bits per heavy atom. The molecule has 0 fully saturated rings. The van der Waals surface area contributed by atoms with E-state index in [2.05, 4.69) is 10.3 Å². The van der Waals surface area contributed by atoms with Gasteiger partial charge in [-0.1, -0.05) is 24.4 Å². The number of hydrogen-bond acceptors (Lipinski definition) is 4. The van der Waals surface area contributed by atoms with Gasteiger partial charge in [0.05, 0.1) is 5.69 Å². The van der Waals surface area contributed by atoms with E-state index < -0.39 is 0 Å². The van der Waals surface area contributed by atoms with E-state index in [4.69, 9.17) is 18.0 Å². The smallest absolute Gasteiger partial charge is 0.187 e. The molecule has 0 spiro atoms. The molecular formula is C11H11N3S2. The second-order valence-corrected chi connectivity index (χ2v) is 4.99. The van der Waals surface area contributed by atoms with Crippen molar-refractivity contribution < 1.29 is 0 Å². The van der Waals surface area contributed by atoms with Crippen LogP contribution in [-0.4, -0.2) is 9.97 Å². The summed E-state index contributed by atoms with van der Waals surface area (Å²) in [4.78, 5) is 5.78. The fourth-order valence-electron chi connectivity index (χ4n) is 1.33. The number of aromatic nitrogens is 1. The third kappa shape index (κ3) is 2.37. The largest absolute Gasteiger partial charge is 0.389 e. The van der Waals surface area contributed by atoms with Gasteiger partial charge in [0, 0.05) is 16.6 Å². The maximum Gasteiger partial charge on any atom is 0.187 e. The summed E-state index contributed by atoms with van der Waals surface area (Å²) in [5.74, 6) is 0. The van der Waals surface area contributed by atoms with Gasteiger partial charge in [-0.05, 0) is 19.1 Å². The second-order valence-electron chi connectivity index (χ2n) is 3.31. The Labute approximate surface area is 103 Å². The maximum atomic E-state index is 5.65. The Bertz CT molecular complexity index is 519. The van der Waals surface area contributed by atoms with E-state index in [-0.39, 0.29) is 0 Å². The summed E-state index contributed by atoms with van der Waals surface area (Å²) >= 11 is 6.59. The molecule has 0 bridgehead atoms. The van der Waals surface area contributed by atoms with E-state index in [1.165, 1.54) is 0 Å². The van der Waals surface area contributed by atoms with Gasteiger partial charge in [0.1, 0.15) is 4.99 Å². The highest BCUT2D eigenvalue weighted by atomic mass is 32.1. The van der Waals surface area contributed by atoms with Crippen LogP contribution in [0.4, 0.5) is 10.8 Å². The first-order chi connectivity index (χ1) is 7.66. The summed E-state index contributed by atoms with van der Waals surface area (Å²) in [5.41, 5.74) is 7.38. The third-order valence-electron chi connectivity index (χ3n) is 2.06. The maximum absolute atomic E-state index is 5.65. The number of para-hydroxylation sites is 1. The first-order valence-corrected chi connectivity index (χ1v) is 5.97. The predicted molar refractivity (Wildman–Crippen MR) is 72.5 cm³/mol. The second kappa shape index (κ2) is 4.59. The number of hydrogen-bond donors (Lipinski definition) is 2. The summed E-state index contributed by atoms with van der Waals surface area (Å²) in [6.45, 7) is 2.02. The Balaban J connectivity index is 2.31. The molecule has 1 aromatic carbocycles. The zero-order valence-electron chi connectivity index (χ0n) is 8.73. The van der Waals surface area contributed by atoms with Crippen LogP contribution in [0.15, 0.2) is 30.5 Å². The lowest BCUT2D eigenvalue weighted by molar-refractivity contribution is 1.36. The Kier molecular flexibility index (Phi) is 3.17. The van der Waals surface area contributed by atoms with Gasteiger partial charge < -0.3 is 11.1 Å². The Hall–Kier alpha value is -1.46. The van der Waals surface area contributed by atoms with Gasteiger partial charge in [0.15, 0.2) is 5.13 Å². The molecule has 0 saturated carbocycles. The zero-order chi connectivity index (χ0) is 11.5. The van der Waals surface area contributed by atoms with Crippen molar-refractivity contribution in [3.63, 3.8) is 0 Å². The summed E-state index contributed by atoms with van der Waals surface area (Å²) in [5, 5.41) is 4.06. The summed E-state index contributed by atoms with van der Waals surface area (Å²) in [7, 11) is 0. The molecule has 0 saturated heterocycles. The molecule has 82 valence electrons. The van der Waals surface area contributed by atoms with Crippen molar-refractivity contribution >= 4 is 39.4 Å². The fraction of sp³-hybridized carbons (Fsp3) is 0.0909. The quantitative estimate of drug-likeness (QED) is 0.821. The molecule has 0 unspecified atom stereocenters. The van der Waals surface area contributed by atoms with Gasteiger partial charge in [-0.15, -0.1) is 11.3 Å². The van der Waals surface area contributed by atoms with Gasteiger partial charge >= 0.3 is 0 Å². The van der Waals surface area contributed by atoms with Gasteiger partial charge in [0.2, 0.25) is 0 Å². The number of nitrogens with zero attached hydrogens (tertiary/aromatic N) is 1. The minimum Gasteiger partial charge on any atom is -0.389 e. The SMILES string of the molecule is Cc1cnc(Nc2ccccc2C(N)=S)s1. The highest BCUT2D eigenvalue weighted by Crippen LogP contribution is 2.24. The molecule has 0 aliphatic rings. The van der Waals surface area contributed by atoms with Crippen molar-refractivity contribution in [1.82, 2.24) is 4.98 Å². The molecule has 1 heterocycles. The Morgan fingerprint density at radius 3 is 2.81 bits per heavy atom. The molecule has 1 aromatic heterocycles. The molecule has 0 amide bonds. The van der Waals surface area contributed by atoms with Crippen LogP contribution in [0, 0.1) is 6.92 Å².